The minimum absolute atomic E-state index is 0.260. The standard InChI is InChI=1S/C11H19N3O2/c1-5-8(2)12-7-9-6-10(15)14(4)11(16)13(9)3/h6,8,12H,5,7H2,1-4H3. The first kappa shape index (κ1) is 12.7. The maximum absolute atomic E-state index is 11.6. The zero-order valence-electron chi connectivity index (χ0n) is 10.3. The molecule has 0 amide bonds. The third-order valence-electron chi connectivity index (χ3n) is 2.87. The second kappa shape index (κ2) is 5.12. The average molecular weight is 225 g/mol. The Balaban J connectivity index is 2.98. The van der Waals surface area contributed by atoms with Gasteiger partial charge in [-0.2, -0.15) is 0 Å². The smallest absolute Gasteiger partial charge is 0.309 e. The average Bonchev–Trinajstić information content (AvgIpc) is 2.28. The predicted octanol–water partition coefficient (Wildman–Crippen LogP) is -0.0279. The Hall–Kier alpha value is -1.36. The maximum atomic E-state index is 11.6. The van der Waals surface area contributed by atoms with Crippen molar-refractivity contribution in [3.63, 3.8) is 0 Å². The molecule has 1 aromatic rings. The molecule has 0 aliphatic heterocycles. The summed E-state index contributed by atoms with van der Waals surface area (Å²) in [5, 5.41) is 3.26. The summed E-state index contributed by atoms with van der Waals surface area (Å²) in [6.45, 7) is 4.69. The van der Waals surface area contributed by atoms with E-state index in [1.165, 1.54) is 17.7 Å². The molecule has 1 N–H and O–H groups in total. The van der Waals surface area contributed by atoms with Gasteiger partial charge in [-0.05, 0) is 13.3 Å². The van der Waals surface area contributed by atoms with Crippen LogP contribution in [0.2, 0.25) is 0 Å². The number of nitrogens with one attached hydrogen (secondary N) is 1. The molecule has 16 heavy (non-hydrogen) atoms. The molecule has 0 aliphatic carbocycles. The van der Waals surface area contributed by atoms with Gasteiger partial charge in [-0.1, -0.05) is 6.92 Å². The van der Waals surface area contributed by atoms with Crippen LogP contribution >= 0.6 is 0 Å². The van der Waals surface area contributed by atoms with Crippen molar-refractivity contribution in [2.45, 2.75) is 32.9 Å². The number of aromatic nitrogens is 2. The van der Waals surface area contributed by atoms with E-state index in [2.05, 4.69) is 19.2 Å². The van der Waals surface area contributed by atoms with E-state index in [-0.39, 0.29) is 11.2 Å². The van der Waals surface area contributed by atoms with Crippen molar-refractivity contribution in [3.05, 3.63) is 32.6 Å². The van der Waals surface area contributed by atoms with Crippen LogP contribution in [0.5, 0.6) is 0 Å². The molecule has 1 aromatic heterocycles. The summed E-state index contributed by atoms with van der Waals surface area (Å²) in [5.41, 5.74) is 0.172. The second-order valence-electron chi connectivity index (χ2n) is 4.06. The fraction of sp³-hybridized carbons (Fsp3) is 0.636. The lowest BCUT2D eigenvalue weighted by molar-refractivity contribution is 0.511. The fourth-order valence-corrected chi connectivity index (χ4v) is 1.37. The van der Waals surface area contributed by atoms with E-state index in [1.54, 1.807) is 7.05 Å². The quantitative estimate of drug-likeness (QED) is 0.783. The minimum atomic E-state index is -0.284. The van der Waals surface area contributed by atoms with Crippen molar-refractivity contribution in [2.24, 2.45) is 14.1 Å². The lowest BCUT2D eigenvalue weighted by atomic mass is 10.2. The first-order valence-electron chi connectivity index (χ1n) is 5.46. The summed E-state index contributed by atoms with van der Waals surface area (Å²) < 4.78 is 2.60. The molecule has 1 atom stereocenters. The van der Waals surface area contributed by atoms with Crippen molar-refractivity contribution in [1.82, 2.24) is 14.5 Å². The predicted molar refractivity (Wildman–Crippen MR) is 63.5 cm³/mol. The monoisotopic (exact) mass is 225 g/mol. The molecular formula is C11H19N3O2. The molecule has 0 aliphatic rings. The largest absolute Gasteiger partial charge is 0.330 e. The molecule has 0 spiro atoms. The Labute approximate surface area is 94.7 Å². The van der Waals surface area contributed by atoms with E-state index in [1.807, 2.05) is 0 Å². The van der Waals surface area contributed by atoms with Crippen LogP contribution in [0.4, 0.5) is 0 Å². The normalized spacial score (nSPS) is 12.8. The highest BCUT2D eigenvalue weighted by Gasteiger charge is 2.06. The lowest BCUT2D eigenvalue weighted by Gasteiger charge is -2.13. The van der Waals surface area contributed by atoms with Crippen LogP contribution in [0.1, 0.15) is 26.0 Å². The van der Waals surface area contributed by atoms with Gasteiger partial charge in [-0.25, -0.2) is 4.79 Å². The second-order valence-corrected chi connectivity index (χ2v) is 4.06. The van der Waals surface area contributed by atoms with E-state index in [4.69, 9.17) is 0 Å². The molecule has 0 radical (unpaired) electrons. The lowest BCUT2D eigenvalue weighted by Crippen LogP contribution is -2.39. The van der Waals surface area contributed by atoms with E-state index >= 15 is 0 Å². The molecule has 0 saturated heterocycles. The Kier molecular flexibility index (Phi) is 4.06. The number of nitrogens with zero attached hydrogens (tertiary/aromatic N) is 2. The van der Waals surface area contributed by atoms with Crippen molar-refractivity contribution < 1.29 is 0 Å². The SMILES string of the molecule is CCC(C)NCc1cc(=O)n(C)c(=O)n1C. The fourth-order valence-electron chi connectivity index (χ4n) is 1.37. The van der Waals surface area contributed by atoms with Crippen LogP contribution in [0, 0.1) is 0 Å². The van der Waals surface area contributed by atoms with Crippen LogP contribution < -0.4 is 16.6 Å². The van der Waals surface area contributed by atoms with Crippen molar-refractivity contribution in [1.29, 1.82) is 0 Å². The molecule has 90 valence electrons. The summed E-state index contributed by atoms with van der Waals surface area (Å²) in [6, 6.07) is 1.87. The third-order valence-corrected chi connectivity index (χ3v) is 2.87. The number of hydrogen-bond acceptors (Lipinski definition) is 3. The zero-order valence-corrected chi connectivity index (χ0v) is 10.3. The van der Waals surface area contributed by atoms with Crippen LogP contribution in [0.25, 0.3) is 0 Å². The Morgan fingerprint density at radius 1 is 1.31 bits per heavy atom. The van der Waals surface area contributed by atoms with Gasteiger partial charge in [0.1, 0.15) is 0 Å². The van der Waals surface area contributed by atoms with Gasteiger partial charge in [-0.3, -0.25) is 13.9 Å². The Morgan fingerprint density at radius 3 is 2.50 bits per heavy atom. The molecule has 1 heterocycles. The van der Waals surface area contributed by atoms with Crippen molar-refractivity contribution >= 4 is 0 Å². The van der Waals surface area contributed by atoms with Gasteiger partial charge in [0, 0.05) is 38.4 Å². The molecule has 1 rings (SSSR count). The highest BCUT2D eigenvalue weighted by atomic mass is 16.2. The molecule has 0 bridgehead atoms. The van der Waals surface area contributed by atoms with Crippen LogP contribution in [0.15, 0.2) is 15.7 Å². The van der Waals surface area contributed by atoms with Crippen LogP contribution in [-0.4, -0.2) is 15.2 Å². The molecule has 1 unspecified atom stereocenters. The van der Waals surface area contributed by atoms with E-state index in [0.29, 0.717) is 18.3 Å². The van der Waals surface area contributed by atoms with Gasteiger partial charge in [0.05, 0.1) is 0 Å². The Bertz CT molecular complexity index is 473. The van der Waals surface area contributed by atoms with Crippen molar-refractivity contribution in [3.8, 4) is 0 Å². The van der Waals surface area contributed by atoms with E-state index in [9.17, 15) is 9.59 Å². The highest BCUT2D eigenvalue weighted by Crippen LogP contribution is 1.94. The molecule has 5 heteroatoms. The van der Waals surface area contributed by atoms with Gasteiger partial charge in [0.2, 0.25) is 0 Å². The first-order valence-corrected chi connectivity index (χ1v) is 5.46. The first-order chi connectivity index (χ1) is 7.47. The summed E-state index contributed by atoms with van der Waals surface area (Å²) in [5.74, 6) is 0. The van der Waals surface area contributed by atoms with Crippen LogP contribution in [0.3, 0.4) is 0 Å². The number of rotatable bonds is 4. The zero-order chi connectivity index (χ0) is 12.3. The number of hydrogen-bond donors (Lipinski definition) is 1. The summed E-state index contributed by atoms with van der Waals surface area (Å²) in [6.07, 6.45) is 1.01. The third kappa shape index (κ3) is 2.61. The van der Waals surface area contributed by atoms with E-state index in [0.717, 1.165) is 11.0 Å². The minimum Gasteiger partial charge on any atom is -0.309 e. The summed E-state index contributed by atoms with van der Waals surface area (Å²) >= 11 is 0. The van der Waals surface area contributed by atoms with Gasteiger partial charge >= 0.3 is 5.69 Å². The topological polar surface area (TPSA) is 56.0 Å². The van der Waals surface area contributed by atoms with Gasteiger partial charge in [0.25, 0.3) is 5.56 Å². The maximum Gasteiger partial charge on any atom is 0.330 e. The van der Waals surface area contributed by atoms with Crippen molar-refractivity contribution in [2.75, 3.05) is 0 Å². The van der Waals surface area contributed by atoms with Gasteiger partial charge in [0.15, 0.2) is 0 Å². The molecule has 0 saturated carbocycles. The highest BCUT2D eigenvalue weighted by molar-refractivity contribution is 5.01. The molecule has 5 nitrogen and oxygen atoms in total. The summed E-state index contributed by atoms with van der Waals surface area (Å²) in [7, 11) is 3.16. The molecular weight excluding hydrogens is 206 g/mol. The van der Waals surface area contributed by atoms with E-state index < -0.39 is 0 Å². The molecule has 0 aromatic carbocycles. The van der Waals surface area contributed by atoms with Crippen LogP contribution in [-0.2, 0) is 20.6 Å². The Morgan fingerprint density at radius 2 is 1.94 bits per heavy atom. The summed E-state index contributed by atoms with van der Waals surface area (Å²) in [4.78, 5) is 23.1. The van der Waals surface area contributed by atoms with Gasteiger partial charge in [-0.15, -0.1) is 0 Å². The molecule has 0 fully saturated rings. The van der Waals surface area contributed by atoms with Gasteiger partial charge < -0.3 is 5.32 Å².